The zero-order valence-electron chi connectivity index (χ0n) is 30.5. The molecule has 3 N–H and O–H groups in total. The summed E-state index contributed by atoms with van der Waals surface area (Å²) in [6, 6.07) is 19.0. The molecular weight excluding hydrogens is 731 g/mol. The molecule has 2 heterocycles. The fourth-order valence-corrected chi connectivity index (χ4v) is 6.86. The van der Waals surface area contributed by atoms with Gasteiger partial charge in [-0.3, -0.25) is 9.78 Å². The topological polar surface area (TPSA) is 146 Å². The van der Waals surface area contributed by atoms with Crippen molar-refractivity contribution in [3.8, 4) is 34.4 Å². The summed E-state index contributed by atoms with van der Waals surface area (Å²) in [7, 11) is 1.45. The summed E-state index contributed by atoms with van der Waals surface area (Å²) in [6.07, 6.45) is 4.68. The number of carbonyl (C=O) groups is 1. The van der Waals surface area contributed by atoms with Crippen molar-refractivity contribution < 1.29 is 34.0 Å². The van der Waals surface area contributed by atoms with E-state index in [0.717, 1.165) is 72.3 Å². The number of nitrogens with one attached hydrogen (secondary N) is 1. The number of halogens is 2. The predicted octanol–water partition coefficient (Wildman–Crippen LogP) is 6.49. The molecule has 0 bridgehead atoms. The number of aliphatic hydroxyl groups is 2. The summed E-state index contributed by atoms with van der Waals surface area (Å²) in [5, 5.41) is 32.3. The smallest absolute Gasteiger partial charge is 0.308 e. The van der Waals surface area contributed by atoms with E-state index in [-0.39, 0.29) is 38.3 Å². The van der Waals surface area contributed by atoms with Gasteiger partial charge in [-0.1, -0.05) is 53.5 Å². The van der Waals surface area contributed by atoms with Crippen LogP contribution in [-0.2, 0) is 29.3 Å². The van der Waals surface area contributed by atoms with E-state index < -0.39 is 6.10 Å². The lowest BCUT2D eigenvalue weighted by atomic mass is 9.96. The first kappa shape index (κ1) is 40.8. The van der Waals surface area contributed by atoms with E-state index in [1.54, 1.807) is 24.4 Å². The number of aliphatic hydroxyl groups excluding tert-OH is 2. The van der Waals surface area contributed by atoms with Gasteiger partial charge in [0.05, 0.1) is 48.0 Å². The Hall–Kier alpha value is -4.41. The highest BCUT2D eigenvalue weighted by molar-refractivity contribution is 6.35. The highest BCUT2D eigenvalue weighted by Crippen LogP contribution is 2.39. The molecule has 286 valence electrons. The Bertz CT molecular complexity index is 1910. The zero-order valence-corrected chi connectivity index (χ0v) is 32.0. The van der Waals surface area contributed by atoms with Crippen LogP contribution in [0.15, 0.2) is 67.0 Å². The Kier molecular flexibility index (Phi) is 15.3. The maximum absolute atomic E-state index is 11.8. The summed E-state index contributed by atoms with van der Waals surface area (Å²) < 4.78 is 23.5. The molecule has 1 aromatic heterocycles. The normalized spacial score (nSPS) is 13.9. The van der Waals surface area contributed by atoms with Crippen LogP contribution in [0.3, 0.4) is 0 Å². The van der Waals surface area contributed by atoms with E-state index >= 15 is 0 Å². The van der Waals surface area contributed by atoms with E-state index in [1.165, 1.54) is 13.3 Å². The van der Waals surface area contributed by atoms with Gasteiger partial charge >= 0.3 is 5.97 Å². The number of pyridine rings is 1. The third-order valence-electron chi connectivity index (χ3n) is 9.42. The maximum atomic E-state index is 11.8. The predicted molar refractivity (Wildman–Crippen MR) is 207 cm³/mol. The second kappa shape index (κ2) is 20.3. The lowest BCUT2D eigenvalue weighted by molar-refractivity contribution is -0.147. The Morgan fingerprint density at radius 1 is 1.00 bits per heavy atom. The minimum Gasteiger partial charge on any atom is -0.492 e. The first-order valence-electron chi connectivity index (χ1n) is 17.9. The van der Waals surface area contributed by atoms with Crippen LogP contribution in [0.5, 0.6) is 17.2 Å². The summed E-state index contributed by atoms with van der Waals surface area (Å²) in [5.41, 5.74) is 5.60. The van der Waals surface area contributed by atoms with Crippen molar-refractivity contribution in [1.29, 1.82) is 5.26 Å². The van der Waals surface area contributed by atoms with Crippen LogP contribution in [-0.4, -0.2) is 78.7 Å². The number of piperidine rings is 1. The molecule has 1 aliphatic rings. The number of ether oxygens (including phenoxy) is 4. The van der Waals surface area contributed by atoms with Crippen molar-refractivity contribution in [2.75, 3.05) is 46.5 Å². The zero-order chi connectivity index (χ0) is 38.5. The lowest BCUT2D eigenvalue weighted by Crippen LogP contribution is -2.37. The fourth-order valence-electron chi connectivity index (χ4n) is 6.33. The van der Waals surface area contributed by atoms with Crippen LogP contribution in [0, 0.1) is 24.2 Å². The highest BCUT2D eigenvalue weighted by Gasteiger charge is 2.25. The third-order valence-corrected chi connectivity index (χ3v) is 10.1. The average Bonchev–Trinajstić information content (AvgIpc) is 3.19. The van der Waals surface area contributed by atoms with Gasteiger partial charge in [-0.05, 0) is 74.2 Å². The second-order valence-electron chi connectivity index (χ2n) is 13.2. The molecule has 0 radical (unpaired) electrons. The average molecular weight is 778 g/mol. The molecule has 0 saturated carbocycles. The number of likely N-dealkylation sites (tertiary alicyclic amines) is 1. The van der Waals surface area contributed by atoms with Crippen LogP contribution < -0.4 is 19.5 Å². The molecule has 1 fully saturated rings. The first-order valence-corrected chi connectivity index (χ1v) is 18.7. The molecule has 1 aliphatic heterocycles. The molecule has 1 atom stereocenters. The van der Waals surface area contributed by atoms with Crippen molar-refractivity contribution in [2.45, 2.75) is 52.0 Å². The van der Waals surface area contributed by atoms with Gasteiger partial charge in [0.1, 0.15) is 36.5 Å². The Balaban J connectivity index is 1.24. The number of hydrogen-bond donors (Lipinski definition) is 3. The number of esters is 1. The van der Waals surface area contributed by atoms with E-state index in [9.17, 15) is 20.3 Å². The van der Waals surface area contributed by atoms with Crippen molar-refractivity contribution in [1.82, 2.24) is 15.2 Å². The minimum absolute atomic E-state index is 0.00709. The summed E-state index contributed by atoms with van der Waals surface area (Å²) in [6.45, 7) is 5.66. The first-order chi connectivity index (χ1) is 26.2. The summed E-state index contributed by atoms with van der Waals surface area (Å²) in [4.78, 5) is 18.3. The number of benzene rings is 3. The standard InChI is InChI=1S/C41H46Cl2N4O7/c1-27-31(6-3-7-34(27)35-8-4-9-37(40(35)43)52-15-5-12-47-13-10-30(11-14-47)41(50)51-2)26-54-39-18-38(53-25-29-16-28(19-44)20-45-21-29)32(17-36(39)42)22-46-23-33(49)24-48/h3-4,6-9,16-18,20-21,30,33,46,48-49H,5,10-15,22-26H2,1-2H3. The number of aromatic nitrogens is 1. The molecule has 0 amide bonds. The number of hydrogen-bond acceptors (Lipinski definition) is 11. The lowest BCUT2D eigenvalue weighted by Gasteiger charge is -2.30. The molecule has 1 saturated heterocycles. The summed E-state index contributed by atoms with van der Waals surface area (Å²) >= 11 is 13.7. The van der Waals surface area contributed by atoms with Crippen LogP contribution in [0.2, 0.25) is 10.0 Å². The second-order valence-corrected chi connectivity index (χ2v) is 14.0. The number of carbonyl (C=O) groups excluding carboxylic acids is 1. The van der Waals surface area contributed by atoms with E-state index in [0.29, 0.717) is 46.0 Å². The van der Waals surface area contributed by atoms with Crippen LogP contribution in [0.25, 0.3) is 11.1 Å². The number of nitrogens with zero attached hydrogens (tertiary/aromatic N) is 3. The molecule has 1 unspecified atom stereocenters. The van der Waals surface area contributed by atoms with Gasteiger partial charge in [0.25, 0.3) is 0 Å². The van der Waals surface area contributed by atoms with E-state index in [4.69, 9.17) is 42.1 Å². The molecule has 13 heteroatoms. The Morgan fingerprint density at radius 2 is 1.76 bits per heavy atom. The number of methoxy groups -OCH3 is 1. The van der Waals surface area contributed by atoms with Gasteiger partial charge in [0.15, 0.2) is 0 Å². The third kappa shape index (κ3) is 11.1. The van der Waals surface area contributed by atoms with Gasteiger partial charge in [-0.2, -0.15) is 5.26 Å². The van der Waals surface area contributed by atoms with E-state index in [2.05, 4.69) is 21.3 Å². The van der Waals surface area contributed by atoms with Crippen LogP contribution in [0.1, 0.15) is 47.1 Å². The molecule has 4 aromatic rings. The summed E-state index contributed by atoms with van der Waals surface area (Å²) in [5.74, 6) is 1.41. The monoisotopic (exact) mass is 776 g/mol. The van der Waals surface area contributed by atoms with Gasteiger partial charge in [-0.15, -0.1) is 0 Å². The number of nitriles is 1. The van der Waals surface area contributed by atoms with Crippen molar-refractivity contribution >= 4 is 29.2 Å². The molecule has 3 aromatic carbocycles. The van der Waals surface area contributed by atoms with Crippen LogP contribution in [0.4, 0.5) is 0 Å². The van der Waals surface area contributed by atoms with Crippen molar-refractivity contribution in [2.24, 2.45) is 5.92 Å². The van der Waals surface area contributed by atoms with Gasteiger partial charge in [0.2, 0.25) is 0 Å². The van der Waals surface area contributed by atoms with Gasteiger partial charge in [0, 0.05) is 54.8 Å². The van der Waals surface area contributed by atoms with Crippen molar-refractivity contribution in [3.63, 3.8) is 0 Å². The molecule has 0 spiro atoms. The maximum Gasteiger partial charge on any atom is 0.308 e. The molecule has 5 rings (SSSR count). The van der Waals surface area contributed by atoms with Crippen molar-refractivity contribution in [3.05, 3.63) is 105 Å². The Labute approximate surface area is 326 Å². The largest absolute Gasteiger partial charge is 0.492 e. The fraction of sp³-hybridized carbons (Fsp3) is 0.390. The molecular formula is C41H46Cl2N4O7. The Morgan fingerprint density at radius 3 is 2.52 bits per heavy atom. The van der Waals surface area contributed by atoms with Gasteiger partial charge < -0.3 is 39.4 Å². The quantitative estimate of drug-likeness (QED) is 0.0753. The minimum atomic E-state index is -0.906. The van der Waals surface area contributed by atoms with Gasteiger partial charge in [-0.25, -0.2) is 0 Å². The highest BCUT2D eigenvalue weighted by atomic mass is 35.5. The SMILES string of the molecule is COC(=O)C1CCN(CCCOc2cccc(-c3cccc(COc4cc(OCc5cncc(C#N)c5)c(CNCC(O)CO)cc4Cl)c3C)c2Cl)CC1. The van der Waals surface area contributed by atoms with Crippen LogP contribution >= 0.6 is 23.2 Å². The number of rotatable bonds is 18. The molecule has 11 nitrogen and oxygen atoms in total. The molecule has 54 heavy (non-hydrogen) atoms. The molecule has 0 aliphatic carbocycles. The van der Waals surface area contributed by atoms with E-state index in [1.807, 2.05) is 43.3 Å².